The second-order valence-electron chi connectivity index (χ2n) is 2.59. The Labute approximate surface area is 77.4 Å². The van der Waals surface area contributed by atoms with Crippen LogP contribution in [0.1, 0.15) is 5.56 Å². The van der Waals surface area contributed by atoms with Gasteiger partial charge >= 0.3 is 0 Å². The summed E-state index contributed by atoms with van der Waals surface area (Å²) in [6.07, 6.45) is 2.52. The predicted molar refractivity (Wildman–Crippen MR) is 51.6 cm³/mol. The second kappa shape index (κ2) is 5.27. The summed E-state index contributed by atoms with van der Waals surface area (Å²) in [7, 11) is 1.87. The maximum atomic E-state index is 10.1. The van der Waals surface area contributed by atoms with E-state index in [1.54, 1.807) is 6.20 Å². The first-order valence-corrected chi connectivity index (χ1v) is 4.14. The molecule has 0 bridgehead atoms. The highest BCUT2D eigenvalue weighted by Gasteiger charge is 1.99. The van der Waals surface area contributed by atoms with Gasteiger partial charge in [0.2, 0.25) is 0 Å². The van der Waals surface area contributed by atoms with E-state index in [1.165, 1.54) is 0 Å². The molecule has 2 N–H and O–H groups in total. The van der Waals surface area contributed by atoms with Crippen LogP contribution >= 0.6 is 0 Å². The van der Waals surface area contributed by atoms with E-state index >= 15 is 0 Å². The molecular weight excluding hydrogens is 166 g/mol. The van der Waals surface area contributed by atoms with Crippen LogP contribution in [0.3, 0.4) is 0 Å². The van der Waals surface area contributed by atoms with E-state index in [-0.39, 0.29) is 0 Å². The average Bonchev–Trinajstić information content (AvgIpc) is 2.17. The van der Waals surface area contributed by atoms with Crippen molar-refractivity contribution in [3.8, 4) is 0 Å². The Bertz CT molecular complexity index is 275. The largest absolute Gasteiger partial charge is 0.363 e. The average molecular weight is 179 g/mol. The summed E-state index contributed by atoms with van der Waals surface area (Å²) >= 11 is 0. The highest BCUT2D eigenvalue weighted by Crippen LogP contribution is 2.09. The number of rotatable bonds is 5. The molecule has 1 rings (SSSR count). The van der Waals surface area contributed by atoms with Crippen molar-refractivity contribution in [1.29, 1.82) is 0 Å². The molecule has 0 radical (unpaired) electrons. The third kappa shape index (κ3) is 2.83. The topological polar surface area (TPSA) is 54.0 Å². The molecule has 0 saturated heterocycles. The Hall–Kier alpha value is -1.42. The molecule has 0 fully saturated rings. The maximum absolute atomic E-state index is 10.1. The quantitative estimate of drug-likeness (QED) is 0.643. The molecule has 4 heteroatoms. The first kappa shape index (κ1) is 9.67. The zero-order valence-corrected chi connectivity index (χ0v) is 7.58. The molecule has 0 aliphatic rings. The lowest BCUT2D eigenvalue weighted by Gasteiger charge is -2.07. The normalized spacial score (nSPS) is 9.62. The number of hydrogen-bond acceptors (Lipinski definition) is 4. The van der Waals surface area contributed by atoms with E-state index in [4.69, 9.17) is 0 Å². The van der Waals surface area contributed by atoms with Gasteiger partial charge in [0.05, 0.1) is 6.54 Å². The molecule has 0 unspecified atom stereocenters. The van der Waals surface area contributed by atoms with Crippen molar-refractivity contribution in [2.75, 3.05) is 18.9 Å². The number of carbonyl (C=O) groups excluding carboxylic acids is 1. The third-order valence-corrected chi connectivity index (χ3v) is 1.61. The van der Waals surface area contributed by atoms with Crippen LogP contribution in [0.2, 0.25) is 0 Å². The van der Waals surface area contributed by atoms with Crippen molar-refractivity contribution in [3.05, 3.63) is 23.9 Å². The maximum Gasteiger partial charge on any atom is 0.139 e. The molecule has 0 aliphatic carbocycles. The Morgan fingerprint density at radius 2 is 2.46 bits per heavy atom. The summed E-state index contributed by atoms with van der Waals surface area (Å²) in [5.74, 6) is 0.768. The fourth-order valence-electron chi connectivity index (χ4n) is 1.07. The van der Waals surface area contributed by atoms with Crippen molar-refractivity contribution >= 4 is 12.1 Å². The van der Waals surface area contributed by atoms with Gasteiger partial charge in [-0.1, -0.05) is 6.07 Å². The Balaban J connectivity index is 2.71. The molecule has 1 aromatic heterocycles. The van der Waals surface area contributed by atoms with Crippen molar-refractivity contribution in [1.82, 2.24) is 10.3 Å². The van der Waals surface area contributed by atoms with Gasteiger partial charge in [-0.15, -0.1) is 0 Å². The molecular formula is C9H13N3O. The zero-order chi connectivity index (χ0) is 9.52. The van der Waals surface area contributed by atoms with Gasteiger partial charge in [0.25, 0.3) is 0 Å². The molecule has 1 heterocycles. The predicted octanol–water partition coefficient (Wildman–Crippen LogP) is 0.412. The summed E-state index contributed by atoms with van der Waals surface area (Å²) < 4.78 is 0. The minimum absolute atomic E-state index is 0.299. The number of anilines is 1. The minimum Gasteiger partial charge on any atom is -0.363 e. The van der Waals surface area contributed by atoms with Gasteiger partial charge < -0.3 is 15.4 Å². The highest BCUT2D eigenvalue weighted by atomic mass is 16.1. The van der Waals surface area contributed by atoms with E-state index in [0.29, 0.717) is 6.54 Å². The third-order valence-electron chi connectivity index (χ3n) is 1.61. The molecule has 13 heavy (non-hydrogen) atoms. The Morgan fingerprint density at radius 1 is 1.62 bits per heavy atom. The zero-order valence-electron chi connectivity index (χ0n) is 7.58. The summed E-state index contributed by atoms with van der Waals surface area (Å²) in [5, 5.41) is 5.96. The van der Waals surface area contributed by atoms with Crippen LogP contribution in [-0.2, 0) is 11.3 Å². The molecule has 0 saturated carbocycles. The lowest BCUT2D eigenvalue weighted by atomic mass is 10.2. The Kier molecular flexibility index (Phi) is 3.92. The lowest BCUT2D eigenvalue weighted by molar-refractivity contribution is -0.106. The van der Waals surface area contributed by atoms with E-state index in [2.05, 4.69) is 15.6 Å². The van der Waals surface area contributed by atoms with Gasteiger partial charge in [0, 0.05) is 18.3 Å². The molecule has 0 amide bonds. The van der Waals surface area contributed by atoms with Crippen molar-refractivity contribution in [2.45, 2.75) is 6.54 Å². The number of aldehydes is 1. The monoisotopic (exact) mass is 179 g/mol. The van der Waals surface area contributed by atoms with Crippen LogP contribution in [0.15, 0.2) is 18.3 Å². The van der Waals surface area contributed by atoms with Crippen LogP contribution in [-0.4, -0.2) is 24.9 Å². The van der Waals surface area contributed by atoms with Gasteiger partial charge in [-0.25, -0.2) is 4.98 Å². The van der Waals surface area contributed by atoms with E-state index in [0.717, 1.165) is 24.2 Å². The summed E-state index contributed by atoms with van der Waals surface area (Å²) in [4.78, 5) is 14.3. The van der Waals surface area contributed by atoms with Crippen LogP contribution in [0.25, 0.3) is 0 Å². The fourth-order valence-corrected chi connectivity index (χ4v) is 1.07. The van der Waals surface area contributed by atoms with Gasteiger partial charge in [0.15, 0.2) is 0 Å². The SMILES string of the molecule is CNCc1cccnc1NCC=O. The van der Waals surface area contributed by atoms with E-state index < -0.39 is 0 Å². The summed E-state index contributed by atoms with van der Waals surface area (Å²) in [6.45, 7) is 1.04. The Morgan fingerprint density at radius 3 is 3.15 bits per heavy atom. The first-order chi connectivity index (χ1) is 6.38. The summed E-state index contributed by atoms with van der Waals surface area (Å²) in [6, 6.07) is 3.84. The number of pyridine rings is 1. The molecule has 1 aromatic rings. The lowest BCUT2D eigenvalue weighted by Crippen LogP contribution is -2.11. The van der Waals surface area contributed by atoms with Gasteiger partial charge in [-0.3, -0.25) is 0 Å². The second-order valence-corrected chi connectivity index (χ2v) is 2.59. The number of hydrogen-bond donors (Lipinski definition) is 2. The number of aromatic nitrogens is 1. The molecule has 0 aliphatic heterocycles. The minimum atomic E-state index is 0.299. The van der Waals surface area contributed by atoms with Gasteiger partial charge in [-0.2, -0.15) is 0 Å². The highest BCUT2D eigenvalue weighted by molar-refractivity contribution is 5.59. The number of nitrogens with one attached hydrogen (secondary N) is 2. The molecule has 0 aromatic carbocycles. The van der Waals surface area contributed by atoms with Crippen molar-refractivity contribution < 1.29 is 4.79 Å². The molecule has 0 atom stereocenters. The van der Waals surface area contributed by atoms with Crippen LogP contribution < -0.4 is 10.6 Å². The van der Waals surface area contributed by atoms with E-state index in [9.17, 15) is 4.79 Å². The standard InChI is InChI=1S/C9H13N3O/c1-10-7-8-3-2-4-11-9(8)12-5-6-13/h2-4,6,10H,5,7H2,1H3,(H,11,12). The van der Waals surface area contributed by atoms with Crippen LogP contribution in [0.5, 0.6) is 0 Å². The first-order valence-electron chi connectivity index (χ1n) is 4.14. The molecule has 4 nitrogen and oxygen atoms in total. The molecule has 70 valence electrons. The van der Waals surface area contributed by atoms with Crippen molar-refractivity contribution in [3.63, 3.8) is 0 Å². The summed E-state index contributed by atoms with van der Waals surface area (Å²) in [5.41, 5.74) is 1.06. The van der Waals surface area contributed by atoms with Crippen LogP contribution in [0, 0.1) is 0 Å². The van der Waals surface area contributed by atoms with Gasteiger partial charge in [0.1, 0.15) is 12.1 Å². The van der Waals surface area contributed by atoms with E-state index in [1.807, 2.05) is 19.2 Å². The molecule has 0 spiro atoms. The smallest absolute Gasteiger partial charge is 0.139 e. The number of carbonyl (C=O) groups is 1. The van der Waals surface area contributed by atoms with Crippen molar-refractivity contribution in [2.24, 2.45) is 0 Å². The van der Waals surface area contributed by atoms with Gasteiger partial charge in [-0.05, 0) is 13.1 Å². The fraction of sp³-hybridized carbons (Fsp3) is 0.333. The number of nitrogens with zero attached hydrogens (tertiary/aromatic N) is 1. The van der Waals surface area contributed by atoms with Crippen LogP contribution in [0.4, 0.5) is 5.82 Å².